The van der Waals surface area contributed by atoms with Gasteiger partial charge in [-0.1, -0.05) is 89.5 Å². The minimum Gasteiger partial charge on any atom is -0.0620 e. The molecule has 0 radical (unpaired) electrons. The molecule has 2 fully saturated rings. The van der Waals surface area contributed by atoms with Crippen LogP contribution in [0.15, 0.2) is 24.3 Å². The van der Waals surface area contributed by atoms with Crippen molar-refractivity contribution in [3.05, 3.63) is 35.4 Å². The minimum atomic E-state index is 1.16. The van der Waals surface area contributed by atoms with Crippen LogP contribution in [-0.2, 0) is 12.8 Å². The van der Waals surface area contributed by atoms with E-state index < -0.39 is 0 Å². The first-order valence-electron chi connectivity index (χ1n) is 8.91. The standard InChI is InChI=1S/C10H18.C10H14/c1-2-6-10-8-4-3-7-9(10)5-1;1-3-9-7-5-6-8-10(9)4-2/h9-10H,1-8H2;5-8H,3-4H2,1-2H3. The van der Waals surface area contributed by atoms with E-state index >= 15 is 0 Å². The first kappa shape index (κ1) is 15.6. The Balaban J connectivity index is 0.000000147. The van der Waals surface area contributed by atoms with Crippen LogP contribution in [0.1, 0.15) is 76.3 Å². The Bertz CT molecular complexity index is 330. The van der Waals surface area contributed by atoms with Crippen molar-refractivity contribution in [2.45, 2.75) is 78.1 Å². The van der Waals surface area contributed by atoms with Crippen molar-refractivity contribution in [1.82, 2.24) is 0 Å². The molecule has 3 rings (SSSR count). The van der Waals surface area contributed by atoms with E-state index in [2.05, 4.69) is 38.1 Å². The highest BCUT2D eigenvalue weighted by molar-refractivity contribution is 5.26. The summed E-state index contributed by atoms with van der Waals surface area (Å²) in [6, 6.07) is 8.63. The van der Waals surface area contributed by atoms with Gasteiger partial charge in [-0.15, -0.1) is 0 Å². The second-order valence-corrected chi connectivity index (χ2v) is 6.56. The Hall–Kier alpha value is -0.780. The van der Waals surface area contributed by atoms with Gasteiger partial charge in [0.2, 0.25) is 0 Å². The molecule has 0 unspecified atom stereocenters. The van der Waals surface area contributed by atoms with Gasteiger partial charge in [-0.3, -0.25) is 0 Å². The van der Waals surface area contributed by atoms with E-state index in [9.17, 15) is 0 Å². The molecule has 0 nitrogen and oxygen atoms in total. The normalized spacial score (nSPS) is 25.3. The SMILES string of the molecule is C1CCC2CCCCC2C1.CCc1ccccc1CC. The molecule has 1 aromatic carbocycles. The Kier molecular flexibility index (Phi) is 6.63. The molecular formula is C20H32. The summed E-state index contributed by atoms with van der Waals surface area (Å²) in [5, 5.41) is 0. The maximum absolute atomic E-state index is 2.21. The molecule has 0 atom stereocenters. The zero-order chi connectivity index (χ0) is 14.2. The van der Waals surface area contributed by atoms with Gasteiger partial charge in [0, 0.05) is 0 Å². The predicted octanol–water partition coefficient (Wildman–Crippen LogP) is 6.18. The summed E-state index contributed by atoms with van der Waals surface area (Å²) in [6.07, 6.45) is 14.7. The third-order valence-electron chi connectivity index (χ3n) is 5.35. The monoisotopic (exact) mass is 272 g/mol. The van der Waals surface area contributed by atoms with Crippen molar-refractivity contribution >= 4 is 0 Å². The average Bonchev–Trinajstić information content (AvgIpc) is 2.55. The van der Waals surface area contributed by atoms with Crippen molar-refractivity contribution in [3.63, 3.8) is 0 Å². The maximum atomic E-state index is 2.21. The van der Waals surface area contributed by atoms with E-state index in [1.807, 2.05) is 0 Å². The molecule has 0 amide bonds. The number of aryl methyl sites for hydroxylation is 2. The fourth-order valence-electron chi connectivity index (χ4n) is 4.10. The Morgan fingerprint density at radius 3 is 1.35 bits per heavy atom. The van der Waals surface area contributed by atoms with E-state index in [0.29, 0.717) is 0 Å². The first-order chi connectivity index (χ1) is 9.85. The molecular weight excluding hydrogens is 240 g/mol. The highest BCUT2D eigenvalue weighted by Gasteiger charge is 2.26. The van der Waals surface area contributed by atoms with Crippen molar-refractivity contribution in [3.8, 4) is 0 Å². The zero-order valence-corrected chi connectivity index (χ0v) is 13.5. The lowest BCUT2D eigenvalue weighted by Gasteiger charge is -2.35. The van der Waals surface area contributed by atoms with Crippen LogP contribution in [0, 0.1) is 11.8 Å². The quantitative estimate of drug-likeness (QED) is 0.603. The van der Waals surface area contributed by atoms with Crippen molar-refractivity contribution < 1.29 is 0 Å². The molecule has 0 spiro atoms. The third-order valence-corrected chi connectivity index (χ3v) is 5.35. The molecule has 2 saturated carbocycles. The van der Waals surface area contributed by atoms with Gasteiger partial charge in [-0.2, -0.15) is 0 Å². The van der Waals surface area contributed by atoms with Crippen LogP contribution >= 0.6 is 0 Å². The lowest BCUT2D eigenvalue weighted by molar-refractivity contribution is 0.171. The van der Waals surface area contributed by atoms with Crippen LogP contribution < -0.4 is 0 Å². The van der Waals surface area contributed by atoms with Gasteiger partial charge in [0.05, 0.1) is 0 Å². The number of hydrogen-bond acceptors (Lipinski definition) is 0. The third kappa shape index (κ3) is 4.36. The van der Waals surface area contributed by atoms with Gasteiger partial charge in [0.15, 0.2) is 0 Å². The van der Waals surface area contributed by atoms with Crippen LogP contribution in [0.3, 0.4) is 0 Å². The second kappa shape index (κ2) is 8.49. The van der Waals surface area contributed by atoms with Gasteiger partial charge < -0.3 is 0 Å². The van der Waals surface area contributed by atoms with Crippen molar-refractivity contribution in [2.75, 3.05) is 0 Å². The molecule has 0 aromatic heterocycles. The molecule has 20 heavy (non-hydrogen) atoms. The van der Waals surface area contributed by atoms with E-state index in [-0.39, 0.29) is 0 Å². The zero-order valence-electron chi connectivity index (χ0n) is 13.5. The van der Waals surface area contributed by atoms with Crippen LogP contribution in [0.2, 0.25) is 0 Å². The molecule has 0 heteroatoms. The first-order valence-corrected chi connectivity index (χ1v) is 8.91. The minimum absolute atomic E-state index is 1.16. The molecule has 0 aliphatic heterocycles. The lowest BCUT2D eigenvalue weighted by atomic mass is 9.71. The second-order valence-electron chi connectivity index (χ2n) is 6.56. The van der Waals surface area contributed by atoms with E-state index in [4.69, 9.17) is 0 Å². The fraction of sp³-hybridized carbons (Fsp3) is 0.700. The Morgan fingerprint density at radius 2 is 1.05 bits per heavy atom. The summed E-state index contributed by atoms with van der Waals surface area (Å²) in [6.45, 7) is 4.41. The predicted molar refractivity (Wildman–Crippen MR) is 89.1 cm³/mol. The maximum Gasteiger partial charge on any atom is -0.0305 e. The van der Waals surface area contributed by atoms with Crippen LogP contribution in [-0.4, -0.2) is 0 Å². The van der Waals surface area contributed by atoms with Gasteiger partial charge in [0.1, 0.15) is 0 Å². The number of benzene rings is 1. The van der Waals surface area contributed by atoms with Crippen LogP contribution in [0.5, 0.6) is 0 Å². The number of hydrogen-bond donors (Lipinski definition) is 0. The van der Waals surface area contributed by atoms with Crippen molar-refractivity contribution in [1.29, 1.82) is 0 Å². The van der Waals surface area contributed by atoms with Gasteiger partial charge in [-0.05, 0) is 35.8 Å². The molecule has 2 aliphatic rings. The summed E-state index contributed by atoms with van der Waals surface area (Å²) in [7, 11) is 0. The summed E-state index contributed by atoms with van der Waals surface area (Å²) in [5.41, 5.74) is 2.98. The molecule has 0 N–H and O–H groups in total. The van der Waals surface area contributed by atoms with Gasteiger partial charge >= 0.3 is 0 Å². The van der Waals surface area contributed by atoms with E-state index in [1.165, 1.54) is 36.8 Å². The smallest absolute Gasteiger partial charge is 0.0305 e. The number of rotatable bonds is 2. The molecule has 0 bridgehead atoms. The van der Waals surface area contributed by atoms with E-state index in [1.54, 1.807) is 25.7 Å². The summed E-state index contributed by atoms with van der Waals surface area (Å²) in [4.78, 5) is 0. The summed E-state index contributed by atoms with van der Waals surface area (Å²) >= 11 is 0. The average molecular weight is 272 g/mol. The topological polar surface area (TPSA) is 0 Å². The van der Waals surface area contributed by atoms with Crippen LogP contribution in [0.25, 0.3) is 0 Å². The van der Waals surface area contributed by atoms with E-state index in [0.717, 1.165) is 24.7 Å². The van der Waals surface area contributed by atoms with Gasteiger partial charge in [0.25, 0.3) is 0 Å². The Morgan fingerprint density at radius 1 is 0.700 bits per heavy atom. The Labute approximate surface area is 126 Å². The number of fused-ring (bicyclic) bond motifs is 1. The van der Waals surface area contributed by atoms with Crippen LogP contribution in [0.4, 0.5) is 0 Å². The van der Waals surface area contributed by atoms with Gasteiger partial charge in [-0.25, -0.2) is 0 Å². The molecule has 112 valence electrons. The molecule has 1 aromatic rings. The highest BCUT2D eigenvalue weighted by Crippen LogP contribution is 2.39. The largest absolute Gasteiger partial charge is 0.0620 e. The molecule has 2 aliphatic carbocycles. The fourth-order valence-corrected chi connectivity index (χ4v) is 4.10. The van der Waals surface area contributed by atoms with Crippen molar-refractivity contribution in [2.24, 2.45) is 11.8 Å². The summed E-state index contributed by atoms with van der Waals surface area (Å²) < 4.78 is 0. The molecule has 0 saturated heterocycles. The lowest BCUT2D eigenvalue weighted by Crippen LogP contribution is -2.22. The summed E-state index contributed by atoms with van der Waals surface area (Å²) in [5.74, 6) is 2.31. The molecule has 0 heterocycles. The highest BCUT2D eigenvalue weighted by atomic mass is 14.3.